The number of rotatable bonds is 2. The molecule has 4 aliphatic carbocycles. The molecule has 5 rings (SSSR count). The van der Waals surface area contributed by atoms with Crippen LogP contribution in [0.4, 0.5) is 0 Å². The summed E-state index contributed by atoms with van der Waals surface area (Å²) in [5.74, 6) is 4.22. The van der Waals surface area contributed by atoms with Gasteiger partial charge in [-0.1, -0.05) is 0 Å². The number of hydrogen-bond acceptors (Lipinski definition) is 2. The molecule has 0 radical (unpaired) electrons. The van der Waals surface area contributed by atoms with Gasteiger partial charge in [0.2, 0.25) is 0 Å². The first-order valence-corrected chi connectivity index (χ1v) is 8.15. The minimum absolute atomic E-state index is 0.466. The summed E-state index contributed by atoms with van der Waals surface area (Å²) in [6, 6.07) is 1.59. The molecule has 4 bridgehead atoms. The molecular weight excluding hydrogens is 222 g/mol. The van der Waals surface area contributed by atoms with Crippen molar-refractivity contribution in [1.29, 1.82) is 0 Å². The Balaban J connectivity index is 1.42. The molecule has 2 unspecified atom stereocenters. The number of ether oxygens (including phenoxy) is 1. The third-order valence-electron chi connectivity index (χ3n) is 6.14. The van der Waals surface area contributed by atoms with Gasteiger partial charge in [0.05, 0.1) is 6.10 Å². The molecule has 102 valence electrons. The summed E-state index contributed by atoms with van der Waals surface area (Å²) in [5, 5.41) is 4.05. The van der Waals surface area contributed by atoms with Crippen LogP contribution in [-0.2, 0) is 4.74 Å². The van der Waals surface area contributed by atoms with Gasteiger partial charge in [-0.25, -0.2) is 0 Å². The number of nitrogens with one attached hydrogen (secondary N) is 1. The maximum atomic E-state index is 5.68. The molecule has 0 aromatic carbocycles. The predicted octanol–water partition coefficient (Wildman–Crippen LogP) is 2.97. The quantitative estimate of drug-likeness (QED) is 0.812. The van der Waals surface area contributed by atoms with Gasteiger partial charge in [0.1, 0.15) is 0 Å². The maximum absolute atomic E-state index is 5.68. The summed E-state index contributed by atoms with van der Waals surface area (Å²) >= 11 is 0. The van der Waals surface area contributed by atoms with Gasteiger partial charge in [-0.3, -0.25) is 0 Å². The van der Waals surface area contributed by atoms with Crippen molar-refractivity contribution >= 4 is 0 Å². The minimum Gasteiger partial charge on any atom is -0.378 e. The number of hydrogen-bond donors (Lipinski definition) is 1. The van der Waals surface area contributed by atoms with Crippen molar-refractivity contribution in [3.63, 3.8) is 0 Å². The lowest BCUT2D eigenvalue weighted by atomic mass is 9.54. The lowest BCUT2D eigenvalue weighted by molar-refractivity contribution is -0.0344. The zero-order valence-corrected chi connectivity index (χ0v) is 11.6. The highest BCUT2D eigenvalue weighted by Crippen LogP contribution is 2.53. The van der Waals surface area contributed by atoms with Gasteiger partial charge in [-0.05, 0) is 75.5 Å². The monoisotopic (exact) mass is 249 g/mol. The average molecular weight is 249 g/mol. The van der Waals surface area contributed by atoms with Crippen molar-refractivity contribution in [3.8, 4) is 0 Å². The highest BCUT2D eigenvalue weighted by molar-refractivity contribution is 5.02. The fourth-order valence-electron chi connectivity index (χ4n) is 5.62. The van der Waals surface area contributed by atoms with Gasteiger partial charge in [0, 0.05) is 18.7 Å². The lowest BCUT2D eigenvalue weighted by Gasteiger charge is -2.55. The summed E-state index contributed by atoms with van der Waals surface area (Å²) in [4.78, 5) is 0. The molecule has 1 N–H and O–H groups in total. The van der Waals surface area contributed by atoms with E-state index in [1.165, 1.54) is 38.5 Å². The zero-order valence-electron chi connectivity index (χ0n) is 11.6. The van der Waals surface area contributed by atoms with E-state index in [0.717, 1.165) is 42.4 Å². The standard InChI is InChI=1S/C16H27NO/c1-10-4-15(2-3-18-10)17-16-13-6-11-5-12(8-13)9-14(16)7-11/h10-17H,2-9H2,1H3. The molecule has 2 atom stereocenters. The molecule has 1 aliphatic heterocycles. The van der Waals surface area contributed by atoms with Crippen LogP contribution in [0, 0.1) is 23.7 Å². The lowest BCUT2D eigenvalue weighted by Crippen LogP contribution is -2.57. The Hall–Kier alpha value is -0.0800. The summed E-state index contributed by atoms with van der Waals surface area (Å²) in [7, 11) is 0. The van der Waals surface area contributed by atoms with E-state index in [9.17, 15) is 0 Å². The topological polar surface area (TPSA) is 21.3 Å². The highest BCUT2D eigenvalue weighted by Gasteiger charge is 2.48. The smallest absolute Gasteiger partial charge is 0.0561 e. The van der Waals surface area contributed by atoms with Crippen molar-refractivity contribution in [2.75, 3.05) is 6.61 Å². The second-order valence-electron chi connectivity index (χ2n) is 7.53. The van der Waals surface area contributed by atoms with Crippen LogP contribution in [0.2, 0.25) is 0 Å². The Morgan fingerprint density at radius 3 is 2.17 bits per heavy atom. The first-order chi connectivity index (χ1) is 8.78. The summed E-state index contributed by atoms with van der Waals surface area (Å²) in [5.41, 5.74) is 0. The third-order valence-corrected chi connectivity index (χ3v) is 6.14. The van der Waals surface area contributed by atoms with E-state index in [1.807, 2.05) is 0 Å². The van der Waals surface area contributed by atoms with Crippen LogP contribution in [0.25, 0.3) is 0 Å². The first kappa shape index (κ1) is 11.7. The van der Waals surface area contributed by atoms with E-state index in [-0.39, 0.29) is 0 Å². The second kappa shape index (κ2) is 4.49. The third kappa shape index (κ3) is 2.02. The van der Waals surface area contributed by atoms with Gasteiger partial charge in [0.15, 0.2) is 0 Å². The van der Waals surface area contributed by atoms with Gasteiger partial charge >= 0.3 is 0 Å². The molecule has 0 amide bonds. The molecule has 5 aliphatic rings. The summed E-state index contributed by atoms with van der Waals surface area (Å²) in [6.45, 7) is 3.19. The van der Waals surface area contributed by atoms with Gasteiger partial charge in [-0.15, -0.1) is 0 Å². The van der Waals surface area contributed by atoms with E-state index in [1.54, 1.807) is 6.42 Å². The van der Waals surface area contributed by atoms with Crippen molar-refractivity contribution in [2.45, 2.75) is 70.1 Å². The van der Waals surface area contributed by atoms with E-state index < -0.39 is 0 Å². The van der Waals surface area contributed by atoms with E-state index >= 15 is 0 Å². The molecular formula is C16H27NO. The average Bonchev–Trinajstić information content (AvgIpc) is 2.33. The summed E-state index contributed by atoms with van der Waals surface area (Å²) < 4.78 is 5.68. The summed E-state index contributed by atoms with van der Waals surface area (Å²) in [6.07, 6.45) is 10.6. The van der Waals surface area contributed by atoms with Gasteiger partial charge < -0.3 is 10.1 Å². The Morgan fingerprint density at radius 1 is 0.889 bits per heavy atom. The Kier molecular flexibility index (Phi) is 2.92. The van der Waals surface area contributed by atoms with Crippen molar-refractivity contribution in [1.82, 2.24) is 5.32 Å². The van der Waals surface area contributed by atoms with E-state index in [4.69, 9.17) is 4.74 Å². The van der Waals surface area contributed by atoms with Gasteiger partial charge in [0.25, 0.3) is 0 Å². The van der Waals surface area contributed by atoms with Crippen LogP contribution in [0.5, 0.6) is 0 Å². The molecule has 18 heavy (non-hydrogen) atoms. The van der Waals surface area contributed by atoms with Crippen molar-refractivity contribution in [2.24, 2.45) is 23.7 Å². The molecule has 4 saturated carbocycles. The van der Waals surface area contributed by atoms with Crippen LogP contribution in [0.3, 0.4) is 0 Å². The van der Waals surface area contributed by atoms with Crippen LogP contribution in [-0.4, -0.2) is 24.8 Å². The zero-order chi connectivity index (χ0) is 12.1. The molecule has 2 heteroatoms. The minimum atomic E-state index is 0.466. The van der Waals surface area contributed by atoms with Crippen LogP contribution in [0.15, 0.2) is 0 Å². The fraction of sp³-hybridized carbons (Fsp3) is 1.00. The molecule has 1 saturated heterocycles. The molecule has 2 nitrogen and oxygen atoms in total. The van der Waals surface area contributed by atoms with Crippen molar-refractivity contribution < 1.29 is 4.74 Å². The Labute approximate surface area is 111 Å². The fourth-order valence-corrected chi connectivity index (χ4v) is 5.62. The van der Waals surface area contributed by atoms with Crippen LogP contribution >= 0.6 is 0 Å². The Bertz CT molecular complexity index is 288. The van der Waals surface area contributed by atoms with Gasteiger partial charge in [-0.2, -0.15) is 0 Å². The molecule has 1 heterocycles. The molecule has 0 aromatic rings. The highest BCUT2D eigenvalue weighted by atomic mass is 16.5. The van der Waals surface area contributed by atoms with E-state index in [2.05, 4.69) is 12.2 Å². The maximum Gasteiger partial charge on any atom is 0.0561 e. The Morgan fingerprint density at radius 2 is 1.56 bits per heavy atom. The predicted molar refractivity (Wildman–Crippen MR) is 72.4 cm³/mol. The normalized spacial score (nSPS) is 54.8. The largest absolute Gasteiger partial charge is 0.378 e. The second-order valence-corrected chi connectivity index (χ2v) is 7.53. The molecule has 0 spiro atoms. The first-order valence-electron chi connectivity index (χ1n) is 8.15. The van der Waals surface area contributed by atoms with Crippen LogP contribution in [0.1, 0.15) is 51.9 Å². The molecule has 5 fully saturated rings. The van der Waals surface area contributed by atoms with Crippen molar-refractivity contribution in [3.05, 3.63) is 0 Å². The molecule has 0 aromatic heterocycles. The van der Waals surface area contributed by atoms with Crippen LogP contribution < -0.4 is 5.32 Å². The SMILES string of the molecule is CC1CC(NC2C3CC4CC(C3)CC2C4)CCO1. The van der Waals surface area contributed by atoms with E-state index in [0.29, 0.717) is 6.10 Å².